The molecule has 110 valence electrons. The highest BCUT2D eigenvalue weighted by atomic mass is 16.5. The molecule has 0 bridgehead atoms. The first-order valence-electron chi connectivity index (χ1n) is 8.00. The Kier molecular flexibility index (Phi) is 5.06. The van der Waals surface area contributed by atoms with Gasteiger partial charge in [-0.25, -0.2) is 0 Å². The van der Waals surface area contributed by atoms with Gasteiger partial charge in [0.1, 0.15) is 0 Å². The molecule has 1 aromatic carbocycles. The molecule has 0 radical (unpaired) electrons. The lowest BCUT2D eigenvalue weighted by Crippen LogP contribution is -2.49. The Morgan fingerprint density at radius 2 is 1.65 bits per heavy atom. The Morgan fingerprint density at radius 1 is 0.950 bits per heavy atom. The SMILES string of the molecule is c1ccc(CCN2CCC(N3CCOCC3)CC2)cc1. The molecule has 0 unspecified atom stereocenters. The Hall–Kier alpha value is -0.900. The summed E-state index contributed by atoms with van der Waals surface area (Å²) < 4.78 is 5.45. The molecule has 2 heterocycles. The fourth-order valence-electron chi connectivity index (χ4n) is 3.38. The van der Waals surface area contributed by atoms with Gasteiger partial charge in [-0.2, -0.15) is 0 Å². The van der Waals surface area contributed by atoms with Crippen LogP contribution in [0.4, 0.5) is 0 Å². The minimum absolute atomic E-state index is 0.798. The van der Waals surface area contributed by atoms with Crippen molar-refractivity contribution in [3.63, 3.8) is 0 Å². The van der Waals surface area contributed by atoms with Crippen molar-refractivity contribution in [3.05, 3.63) is 35.9 Å². The number of rotatable bonds is 4. The van der Waals surface area contributed by atoms with Crippen molar-refractivity contribution in [1.29, 1.82) is 0 Å². The number of piperidine rings is 1. The zero-order chi connectivity index (χ0) is 13.6. The lowest BCUT2D eigenvalue weighted by molar-refractivity contribution is 0.00101. The largest absolute Gasteiger partial charge is 0.379 e. The van der Waals surface area contributed by atoms with Crippen molar-refractivity contribution in [2.24, 2.45) is 0 Å². The maximum Gasteiger partial charge on any atom is 0.0594 e. The van der Waals surface area contributed by atoms with Crippen molar-refractivity contribution in [1.82, 2.24) is 9.80 Å². The summed E-state index contributed by atoms with van der Waals surface area (Å²) in [4.78, 5) is 5.27. The highest BCUT2D eigenvalue weighted by Gasteiger charge is 2.25. The molecular formula is C17H26N2O. The molecule has 0 saturated carbocycles. The number of likely N-dealkylation sites (tertiary alicyclic amines) is 1. The number of hydrogen-bond donors (Lipinski definition) is 0. The normalized spacial score (nSPS) is 23.0. The highest BCUT2D eigenvalue weighted by Crippen LogP contribution is 2.18. The summed E-state index contributed by atoms with van der Waals surface area (Å²) in [7, 11) is 0. The maximum absolute atomic E-state index is 5.45. The van der Waals surface area contributed by atoms with E-state index >= 15 is 0 Å². The first kappa shape index (κ1) is 14.1. The van der Waals surface area contributed by atoms with Crippen LogP contribution in [0.5, 0.6) is 0 Å². The third-order valence-corrected chi connectivity index (χ3v) is 4.68. The topological polar surface area (TPSA) is 15.7 Å². The van der Waals surface area contributed by atoms with Crippen molar-refractivity contribution < 1.29 is 4.74 Å². The molecule has 0 amide bonds. The van der Waals surface area contributed by atoms with Crippen LogP contribution >= 0.6 is 0 Å². The molecule has 0 aromatic heterocycles. The number of morpholine rings is 1. The van der Waals surface area contributed by atoms with Gasteiger partial charge < -0.3 is 9.64 Å². The van der Waals surface area contributed by atoms with Gasteiger partial charge in [0.15, 0.2) is 0 Å². The van der Waals surface area contributed by atoms with Gasteiger partial charge in [0.05, 0.1) is 13.2 Å². The highest BCUT2D eigenvalue weighted by molar-refractivity contribution is 5.14. The van der Waals surface area contributed by atoms with Crippen LogP contribution in [0.25, 0.3) is 0 Å². The first-order chi connectivity index (χ1) is 9.92. The van der Waals surface area contributed by atoms with E-state index in [4.69, 9.17) is 4.74 Å². The van der Waals surface area contributed by atoms with Crippen LogP contribution in [-0.2, 0) is 11.2 Å². The smallest absolute Gasteiger partial charge is 0.0594 e. The molecule has 2 saturated heterocycles. The Balaban J connectivity index is 1.40. The van der Waals surface area contributed by atoms with E-state index in [0.29, 0.717) is 0 Å². The van der Waals surface area contributed by atoms with Gasteiger partial charge >= 0.3 is 0 Å². The van der Waals surface area contributed by atoms with Gasteiger partial charge in [0.2, 0.25) is 0 Å². The molecule has 20 heavy (non-hydrogen) atoms. The summed E-state index contributed by atoms with van der Waals surface area (Å²) in [6.07, 6.45) is 3.84. The summed E-state index contributed by atoms with van der Waals surface area (Å²) >= 11 is 0. The molecular weight excluding hydrogens is 248 g/mol. The van der Waals surface area contributed by atoms with Gasteiger partial charge in [-0.1, -0.05) is 30.3 Å². The number of hydrogen-bond acceptors (Lipinski definition) is 3. The second-order valence-corrected chi connectivity index (χ2v) is 5.96. The molecule has 3 rings (SSSR count). The zero-order valence-electron chi connectivity index (χ0n) is 12.3. The quantitative estimate of drug-likeness (QED) is 0.835. The molecule has 1 aromatic rings. The summed E-state index contributed by atoms with van der Waals surface area (Å²) in [6.45, 7) is 7.84. The number of ether oxygens (including phenoxy) is 1. The molecule has 0 aliphatic carbocycles. The summed E-state index contributed by atoms with van der Waals surface area (Å²) in [5.41, 5.74) is 1.46. The van der Waals surface area contributed by atoms with Crippen molar-refractivity contribution in [3.8, 4) is 0 Å². The van der Waals surface area contributed by atoms with Crippen LogP contribution in [0.3, 0.4) is 0 Å². The predicted octanol–water partition coefficient (Wildman–Crippen LogP) is 2.03. The fraction of sp³-hybridized carbons (Fsp3) is 0.647. The van der Waals surface area contributed by atoms with E-state index in [1.165, 1.54) is 44.5 Å². The van der Waals surface area contributed by atoms with Gasteiger partial charge in [0, 0.05) is 25.7 Å². The van der Waals surface area contributed by atoms with E-state index in [9.17, 15) is 0 Å². The van der Waals surface area contributed by atoms with Gasteiger partial charge in [-0.15, -0.1) is 0 Å². The maximum atomic E-state index is 5.45. The van der Waals surface area contributed by atoms with E-state index in [1.807, 2.05) is 0 Å². The minimum Gasteiger partial charge on any atom is -0.379 e. The molecule has 3 heteroatoms. The predicted molar refractivity (Wildman–Crippen MR) is 82.0 cm³/mol. The molecule has 2 aliphatic heterocycles. The first-order valence-corrected chi connectivity index (χ1v) is 8.00. The molecule has 0 spiro atoms. The van der Waals surface area contributed by atoms with Crippen molar-refractivity contribution in [2.45, 2.75) is 25.3 Å². The molecule has 2 fully saturated rings. The molecule has 0 N–H and O–H groups in total. The Bertz CT molecular complexity index is 381. The third-order valence-electron chi connectivity index (χ3n) is 4.68. The van der Waals surface area contributed by atoms with Crippen LogP contribution in [0, 0.1) is 0 Å². The number of benzene rings is 1. The Labute approximate surface area is 122 Å². The summed E-state index contributed by atoms with van der Waals surface area (Å²) in [6, 6.07) is 11.6. The van der Waals surface area contributed by atoms with Gasteiger partial charge in [-0.05, 0) is 37.9 Å². The monoisotopic (exact) mass is 274 g/mol. The second-order valence-electron chi connectivity index (χ2n) is 5.96. The zero-order valence-corrected chi connectivity index (χ0v) is 12.3. The summed E-state index contributed by atoms with van der Waals surface area (Å²) in [5.74, 6) is 0. The van der Waals surface area contributed by atoms with Crippen LogP contribution < -0.4 is 0 Å². The van der Waals surface area contributed by atoms with Crippen molar-refractivity contribution >= 4 is 0 Å². The van der Waals surface area contributed by atoms with Gasteiger partial charge in [0.25, 0.3) is 0 Å². The fourth-order valence-corrected chi connectivity index (χ4v) is 3.38. The van der Waals surface area contributed by atoms with E-state index in [2.05, 4.69) is 40.1 Å². The van der Waals surface area contributed by atoms with E-state index in [0.717, 1.165) is 32.3 Å². The number of nitrogens with zero attached hydrogens (tertiary/aromatic N) is 2. The van der Waals surface area contributed by atoms with Crippen LogP contribution in [0.15, 0.2) is 30.3 Å². The van der Waals surface area contributed by atoms with Crippen molar-refractivity contribution in [2.75, 3.05) is 45.9 Å². The van der Waals surface area contributed by atoms with E-state index in [-0.39, 0.29) is 0 Å². The molecule has 0 atom stereocenters. The Morgan fingerprint density at radius 3 is 2.35 bits per heavy atom. The lowest BCUT2D eigenvalue weighted by atomic mass is 10.0. The molecule has 3 nitrogen and oxygen atoms in total. The average molecular weight is 274 g/mol. The van der Waals surface area contributed by atoms with E-state index < -0.39 is 0 Å². The van der Waals surface area contributed by atoms with Gasteiger partial charge in [-0.3, -0.25) is 4.90 Å². The van der Waals surface area contributed by atoms with Crippen LogP contribution in [0.2, 0.25) is 0 Å². The van der Waals surface area contributed by atoms with Crippen LogP contribution in [-0.4, -0.2) is 61.8 Å². The van der Waals surface area contributed by atoms with Crippen LogP contribution in [0.1, 0.15) is 18.4 Å². The standard InChI is InChI=1S/C17H26N2O/c1-2-4-16(5-3-1)6-9-18-10-7-17(8-11-18)19-12-14-20-15-13-19/h1-5,17H,6-15H2. The average Bonchev–Trinajstić information content (AvgIpc) is 2.55. The molecule has 2 aliphatic rings. The summed E-state index contributed by atoms with van der Waals surface area (Å²) in [5, 5.41) is 0. The minimum atomic E-state index is 0.798. The lowest BCUT2D eigenvalue weighted by Gasteiger charge is -2.40. The second kappa shape index (κ2) is 7.21. The third kappa shape index (κ3) is 3.81. The van der Waals surface area contributed by atoms with E-state index in [1.54, 1.807) is 0 Å².